The largest absolute Gasteiger partial charge is 0.509 e. The molecule has 3 aromatic carbocycles. The van der Waals surface area contributed by atoms with Gasteiger partial charge in [-0.1, -0.05) is 53.7 Å². The lowest BCUT2D eigenvalue weighted by Gasteiger charge is -2.38. The summed E-state index contributed by atoms with van der Waals surface area (Å²) >= 11 is 0. The van der Waals surface area contributed by atoms with Gasteiger partial charge in [0.25, 0.3) is 11.7 Å². The molecule has 2 N–H and O–H groups in total. The van der Waals surface area contributed by atoms with Crippen LogP contribution in [0.4, 0.5) is 18.4 Å². The van der Waals surface area contributed by atoms with E-state index in [0.717, 1.165) is 22.8 Å². The molecule has 1 aliphatic rings. The Kier molecular flexibility index (Phi) is 7.92. The minimum atomic E-state index is -1.70. The Labute approximate surface area is 232 Å². The molecule has 0 bridgehead atoms. The van der Waals surface area contributed by atoms with Crippen LogP contribution in [0.15, 0.2) is 71.3 Å². The zero-order valence-corrected chi connectivity index (χ0v) is 21.6. The van der Waals surface area contributed by atoms with E-state index in [4.69, 9.17) is 24.2 Å². The number of likely N-dealkylation sites (tertiary alicyclic amines) is 1. The lowest BCUT2D eigenvalue weighted by molar-refractivity contribution is -0.206. The summed E-state index contributed by atoms with van der Waals surface area (Å²) in [6.07, 6.45) is -2.77. The standard InChI is InChI=1S/C29H25F2N3O7/c30-23-3-1-2-22(24(23)31)16-18-4-10-21(11-5-18)26-32-25(33-41-26)20-8-6-19(7-9-20)17-34-14-12-29(13-15-34,39-27(35)36)40-28(37)38/h1-11H,12-17H2,(H,35,36)(H,37,38). The van der Waals surface area contributed by atoms with E-state index in [1.807, 2.05) is 29.2 Å². The lowest BCUT2D eigenvalue weighted by atomic mass is 10.0. The van der Waals surface area contributed by atoms with Crippen LogP contribution in [0.3, 0.4) is 0 Å². The van der Waals surface area contributed by atoms with Crippen LogP contribution >= 0.6 is 0 Å². The van der Waals surface area contributed by atoms with Crippen LogP contribution in [-0.2, 0) is 22.4 Å². The summed E-state index contributed by atoms with van der Waals surface area (Å²) in [5.74, 6) is -2.71. The van der Waals surface area contributed by atoms with Gasteiger partial charge in [0.15, 0.2) is 11.6 Å². The highest BCUT2D eigenvalue weighted by Crippen LogP contribution is 2.30. The van der Waals surface area contributed by atoms with Crippen molar-refractivity contribution in [3.63, 3.8) is 0 Å². The molecular weight excluding hydrogens is 540 g/mol. The highest BCUT2D eigenvalue weighted by Gasteiger charge is 2.42. The summed E-state index contributed by atoms with van der Waals surface area (Å²) in [6.45, 7) is 1.32. The molecule has 1 saturated heterocycles. The minimum absolute atomic E-state index is 0.0813. The first-order valence-electron chi connectivity index (χ1n) is 12.7. The van der Waals surface area contributed by atoms with Crippen molar-refractivity contribution in [2.24, 2.45) is 0 Å². The Morgan fingerprint density at radius 1 is 0.878 bits per heavy atom. The van der Waals surface area contributed by atoms with Crippen molar-refractivity contribution >= 4 is 12.3 Å². The maximum atomic E-state index is 14.0. The van der Waals surface area contributed by atoms with Gasteiger partial charge < -0.3 is 24.2 Å². The van der Waals surface area contributed by atoms with Crippen molar-refractivity contribution in [1.82, 2.24) is 15.0 Å². The highest BCUT2D eigenvalue weighted by atomic mass is 19.2. The lowest BCUT2D eigenvalue weighted by Crippen LogP contribution is -2.49. The third-order valence-electron chi connectivity index (χ3n) is 6.84. The first kappa shape index (κ1) is 27.7. The molecular formula is C29H25F2N3O7. The zero-order chi connectivity index (χ0) is 29.0. The third-order valence-corrected chi connectivity index (χ3v) is 6.84. The second kappa shape index (κ2) is 11.7. The van der Waals surface area contributed by atoms with E-state index in [-0.39, 0.29) is 24.8 Å². The van der Waals surface area contributed by atoms with Crippen LogP contribution in [0.5, 0.6) is 0 Å². The first-order chi connectivity index (χ1) is 19.7. The Morgan fingerprint density at radius 2 is 1.49 bits per heavy atom. The molecule has 0 saturated carbocycles. The van der Waals surface area contributed by atoms with E-state index >= 15 is 0 Å². The summed E-state index contributed by atoms with van der Waals surface area (Å²) in [5.41, 5.74) is 3.48. The molecule has 1 aromatic heterocycles. The number of benzene rings is 3. The molecule has 2 heterocycles. The average Bonchev–Trinajstić information content (AvgIpc) is 3.43. The Bertz CT molecular complexity index is 1520. The summed E-state index contributed by atoms with van der Waals surface area (Å²) in [4.78, 5) is 28.5. The number of piperidine rings is 1. The van der Waals surface area contributed by atoms with Crippen molar-refractivity contribution in [1.29, 1.82) is 0 Å². The molecule has 212 valence electrons. The predicted molar refractivity (Wildman–Crippen MR) is 140 cm³/mol. The molecule has 12 heteroatoms. The maximum absolute atomic E-state index is 14.0. The summed E-state index contributed by atoms with van der Waals surface area (Å²) < 4.78 is 42.4. The highest BCUT2D eigenvalue weighted by molar-refractivity contribution is 5.61. The van der Waals surface area contributed by atoms with Crippen molar-refractivity contribution in [3.05, 3.63) is 95.1 Å². The maximum Gasteiger partial charge on any atom is 0.509 e. The van der Waals surface area contributed by atoms with Crippen LogP contribution in [-0.4, -0.2) is 56.4 Å². The van der Waals surface area contributed by atoms with E-state index in [1.54, 1.807) is 30.3 Å². The quantitative estimate of drug-likeness (QED) is 0.195. The fourth-order valence-electron chi connectivity index (χ4n) is 4.74. The molecule has 0 spiro atoms. The van der Waals surface area contributed by atoms with Gasteiger partial charge in [-0.2, -0.15) is 4.98 Å². The van der Waals surface area contributed by atoms with Crippen LogP contribution in [0.2, 0.25) is 0 Å². The topological polar surface area (TPSA) is 135 Å². The molecule has 0 radical (unpaired) electrons. The normalized spacial score (nSPS) is 14.9. The van der Waals surface area contributed by atoms with Crippen molar-refractivity contribution in [3.8, 4) is 22.8 Å². The van der Waals surface area contributed by atoms with Crippen molar-refractivity contribution in [2.75, 3.05) is 13.1 Å². The van der Waals surface area contributed by atoms with E-state index in [9.17, 15) is 18.4 Å². The fourth-order valence-corrected chi connectivity index (χ4v) is 4.74. The van der Waals surface area contributed by atoms with Gasteiger partial charge in [-0.15, -0.1) is 0 Å². The molecule has 0 aliphatic carbocycles. The third kappa shape index (κ3) is 6.67. The van der Waals surface area contributed by atoms with Crippen molar-refractivity contribution < 1.29 is 42.6 Å². The average molecular weight is 566 g/mol. The molecule has 41 heavy (non-hydrogen) atoms. The Hall–Kier alpha value is -4.84. The molecule has 10 nitrogen and oxygen atoms in total. The Morgan fingerprint density at radius 3 is 2.12 bits per heavy atom. The van der Waals surface area contributed by atoms with E-state index in [0.29, 0.717) is 36.9 Å². The van der Waals surface area contributed by atoms with Gasteiger partial charge in [0.2, 0.25) is 5.82 Å². The summed E-state index contributed by atoms with van der Waals surface area (Å²) in [6, 6.07) is 18.8. The fraction of sp³-hybridized carbons (Fsp3) is 0.241. The van der Waals surface area contributed by atoms with Crippen molar-refractivity contribution in [2.45, 2.75) is 31.6 Å². The number of carboxylic acid groups (broad SMARTS) is 2. The van der Waals surface area contributed by atoms with Gasteiger partial charge >= 0.3 is 12.3 Å². The minimum Gasteiger partial charge on any atom is -0.450 e. The van der Waals surface area contributed by atoms with Crippen LogP contribution in [0.1, 0.15) is 29.5 Å². The molecule has 1 aliphatic heterocycles. The monoisotopic (exact) mass is 565 g/mol. The Balaban J connectivity index is 1.19. The number of halogens is 2. The number of carbonyl (C=O) groups is 2. The van der Waals surface area contributed by atoms with Crippen LogP contribution in [0.25, 0.3) is 22.8 Å². The number of rotatable bonds is 8. The first-order valence-corrected chi connectivity index (χ1v) is 12.7. The van der Waals surface area contributed by atoms with E-state index in [2.05, 4.69) is 10.1 Å². The number of nitrogens with zero attached hydrogens (tertiary/aromatic N) is 3. The van der Waals surface area contributed by atoms with E-state index < -0.39 is 29.7 Å². The SMILES string of the molecule is O=C(O)OC1(OC(=O)O)CCN(Cc2ccc(-c3noc(-c4ccc(Cc5cccc(F)c5F)cc4)n3)cc2)CC1. The number of aromatic nitrogens is 2. The van der Waals surface area contributed by atoms with Gasteiger partial charge in [0.1, 0.15) is 0 Å². The number of hydrogen-bond donors (Lipinski definition) is 2. The van der Waals surface area contributed by atoms with Gasteiger partial charge in [-0.3, -0.25) is 4.90 Å². The second-order valence-corrected chi connectivity index (χ2v) is 9.63. The van der Waals surface area contributed by atoms with Gasteiger partial charge in [-0.25, -0.2) is 18.4 Å². The van der Waals surface area contributed by atoms with Gasteiger partial charge in [-0.05, 0) is 34.9 Å². The van der Waals surface area contributed by atoms with Crippen LogP contribution in [0, 0.1) is 11.6 Å². The molecule has 4 aromatic rings. The summed E-state index contributed by atoms with van der Waals surface area (Å²) in [5, 5.41) is 22.0. The number of hydrogen-bond acceptors (Lipinski definition) is 8. The predicted octanol–water partition coefficient (Wildman–Crippen LogP) is 5.95. The number of ether oxygens (including phenoxy) is 2. The van der Waals surface area contributed by atoms with Crippen LogP contribution < -0.4 is 0 Å². The smallest absolute Gasteiger partial charge is 0.450 e. The molecule has 5 rings (SSSR count). The molecule has 0 amide bonds. The molecule has 1 fully saturated rings. The van der Waals surface area contributed by atoms with Gasteiger partial charge in [0, 0.05) is 50.0 Å². The van der Waals surface area contributed by atoms with E-state index in [1.165, 1.54) is 6.07 Å². The van der Waals surface area contributed by atoms with Gasteiger partial charge in [0.05, 0.1) is 0 Å². The molecule has 0 unspecified atom stereocenters. The molecule has 0 atom stereocenters. The summed E-state index contributed by atoms with van der Waals surface area (Å²) in [7, 11) is 0. The zero-order valence-electron chi connectivity index (χ0n) is 21.6. The second-order valence-electron chi connectivity index (χ2n) is 9.63.